The molecule has 3 heteroatoms. The van der Waals surface area contributed by atoms with Crippen molar-refractivity contribution in [2.45, 2.75) is 40.6 Å². The van der Waals surface area contributed by atoms with Crippen LogP contribution in [-0.4, -0.2) is 19.2 Å². The number of hydrogen-bond donors (Lipinski definition) is 0. The van der Waals surface area contributed by atoms with E-state index in [1.807, 2.05) is 0 Å². The second kappa shape index (κ2) is 4.64. The van der Waals surface area contributed by atoms with Crippen LogP contribution in [-0.2, 0) is 0 Å². The number of halogens is 2. The van der Waals surface area contributed by atoms with Gasteiger partial charge in [-0.15, -0.1) is 0 Å². The Labute approximate surface area is 92.3 Å². The van der Waals surface area contributed by atoms with E-state index in [2.05, 4.69) is 15.9 Å². The van der Waals surface area contributed by atoms with Crippen LogP contribution in [0.4, 0.5) is 0 Å². The molecule has 0 spiro atoms. The number of alkyl halides is 1. The second-order valence-corrected chi connectivity index (χ2v) is 9.38. The van der Waals surface area contributed by atoms with E-state index in [0.717, 1.165) is 0 Å². The maximum Gasteiger partial charge on any atom is -1.00 e. The van der Waals surface area contributed by atoms with E-state index in [-0.39, 0.29) is 30.9 Å². The molecular weight excluding hydrogens is 335 g/mol. The zero-order valence-electron chi connectivity index (χ0n) is 6.56. The summed E-state index contributed by atoms with van der Waals surface area (Å²) in [4.78, 5) is 2.57. The van der Waals surface area contributed by atoms with Crippen LogP contribution >= 0.6 is 15.9 Å². The smallest absolute Gasteiger partial charge is 1.00 e. The number of hydrogen-bond acceptors (Lipinski definition) is 0. The summed E-state index contributed by atoms with van der Waals surface area (Å²) in [5.41, 5.74) is 0. The third-order valence-electron chi connectivity index (χ3n) is 2.66. The Bertz CT molecular complexity index is 117. The molecule has 2 rings (SSSR count). The van der Waals surface area contributed by atoms with Crippen molar-refractivity contribution in [3.8, 4) is 0 Å². The maximum absolute atomic E-state index is 3.55. The minimum absolute atomic E-state index is 0. The summed E-state index contributed by atoms with van der Waals surface area (Å²) < 4.78 is 0. The summed E-state index contributed by atoms with van der Waals surface area (Å²) in [6, 6.07) is 0. The van der Waals surface area contributed by atoms with E-state index < -0.39 is 0 Å². The molecule has 1 aliphatic carbocycles. The molecule has 0 aromatic carbocycles. The van der Waals surface area contributed by atoms with Crippen molar-refractivity contribution >= 4 is 29.8 Å². The summed E-state index contributed by atoms with van der Waals surface area (Å²) in [6.07, 6.45) is 6.29. The summed E-state index contributed by atoms with van der Waals surface area (Å²) >= 11 is 3.55. The molecular formula is C8H14Br2Se. The van der Waals surface area contributed by atoms with Gasteiger partial charge in [0.2, 0.25) is 0 Å². The van der Waals surface area contributed by atoms with E-state index in [9.17, 15) is 0 Å². The van der Waals surface area contributed by atoms with Crippen LogP contribution in [0.5, 0.6) is 0 Å². The molecule has 1 heterocycles. The van der Waals surface area contributed by atoms with E-state index in [4.69, 9.17) is 0 Å². The van der Waals surface area contributed by atoms with Crippen molar-refractivity contribution in [1.29, 1.82) is 0 Å². The fourth-order valence-electron chi connectivity index (χ4n) is 2.11. The Morgan fingerprint density at radius 3 is 2.18 bits per heavy atom. The van der Waals surface area contributed by atoms with Gasteiger partial charge < -0.3 is 17.0 Å². The SMILES string of the molecule is BrCC[Se+]1C2CCCCC21.[Br-]. The van der Waals surface area contributed by atoms with Crippen molar-refractivity contribution in [2.24, 2.45) is 0 Å². The molecule has 11 heavy (non-hydrogen) atoms. The molecule has 2 fully saturated rings. The van der Waals surface area contributed by atoms with Crippen LogP contribution in [0.3, 0.4) is 0 Å². The second-order valence-electron chi connectivity index (χ2n) is 3.22. The van der Waals surface area contributed by atoms with Gasteiger partial charge in [0, 0.05) is 0 Å². The van der Waals surface area contributed by atoms with Crippen LogP contribution in [0.1, 0.15) is 25.7 Å². The van der Waals surface area contributed by atoms with Crippen LogP contribution < -0.4 is 17.0 Å². The predicted molar refractivity (Wildman–Crippen MR) is 50.3 cm³/mol. The first-order valence-corrected chi connectivity index (χ1v) is 8.49. The maximum atomic E-state index is 3.55. The van der Waals surface area contributed by atoms with Gasteiger partial charge in [-0.3, -0.25) is 0 Å². The van der Waals surface area contributed by atoms with Gasteiger partial charge >= 0.3 is 75.8 Å². The molecule has 0 N–H and O–H groups in total. The Kier molecular flexibility index (Phi) is 4.46. The first-order chi connectivity index (χ1) is 4.93. The molecule has 1 aliphatic heterocycles. The fraction of sp³-hybridized carbons (Fsp3) is 1.00. The average molecular weight is 349 g/mol. The number of rotatable bonds is 2. The molecule has 2 atom stereocenters. The summed E-state index contributed by atoms with van der Waals surface area (Å²) in [5, 5.41) is 2.85. The van der Waals surface area contributed by atoms with Crippen LogP contribution in [0, 0.1) is 0 Å². The third-order valence-corrected chi connectivity index (χ3v) is 10.6. The fourth-order valence-corrected chi connectivity index (χ4v) is 10.6. The van der Waals surface area contributed by atoms with Gasteiger partial charge in [0.15, 0.2) is 0 Å². The van der Waals surface area contributed by atoms with E-state index in [1.54, 1.807) is 31.0 Å². The van der Waals surface area contributed by atoms with Gasteiger partial charge in [-0.05, 0) is 0 Å². The Balaban J connectivity index is 0.000000605. The zero-order chi connectivity index (χ0) is 6.97. The van der Waals surface area contributed by atoms with Crippen molar-refractivity contribution in [3.63, 3.8) is 0 Å². The van der Waals surface area contributed by atoms with Crippen LogP contribution in [0.25, 0.3) is 0 Å². The van der Waals surface area contributed by atoms with Crippen LogP contribution in [0.2, 0.25) is 15.0 Å². The Morgan fingerprint density at radius 2 is 1.73 bits per heavy atom. The van der Waals surface area contributed by atoms with Gasteiger partial charge in [-0.2, -0.15) is 0 Å². The van der Waals surface area contributed by atoms with Gasteiger partial charge in [-0.25, -0.2) is 0 Å². The topological polar surface area (TPSA) is 0 Å². The molecule has 66 valence electrons. The van der Waals surface area contributed by atoms with Crippen molar-refractivity contribution in [2.75, 3.05) is 5.33 Å². The van der Waals surface area contributed by atoms with E-state index in [1.165, 1.54) is 15.0 Å². The van der Waals surface area contributed by atoms with E-state index in [0.29, 0.717) is 0 Å². The molecule has 0 nitrogen and oxygen atoms in total. The van der Waals surface area contributed by atoms with Crippen molar-refractivity contribution < 1.29 is 17.0 Å². The van der Waals surface area contributed by atoms with Gasteiger partial charge in [0.1, 0.15) is 0 Å². The molecule has 1 saturated heterocycles. The largest absolute Gasteiger partial charge is 1.00 e. The average Bonchev–Trinajstić information content (AvgIpc) is 2.66. The molecule has 0 bridgehead atoms. The molecule has 2 unspecified atom stereocenters. The molecule has 1 saturated carbocycles. The first kappa shape index (κ1) is 10.6. The minimum atomic E-state index is -0.00868. The summed E-state index contributed by atoms with van der Waals surface area (Å²) in [7, 11) is 0. The van der Waals surface area contributed by atoms with Gasteiger partial charge in [0.05, 0.1) is 0 Å². The molecule has 0 amide bonds. The van der Waals surface area contributed by atoms with Crippen molar-refractivity contribution in [3.05, 3.63) is 0 Å². The van der Waals surface area contributed by atoms with Crippen molar-refractivity contribution in [1.82, 2.24) is 0 Å². The van der Waals surface area contributed by atoms with E-state index >= 15 is 0 Å². The normalized spacial score (nSPS) is 40.6. The minimum Gasteiger partial charge on any atom is -1.00 e. The predicted octanol–water partition coefficient (Wildman–Crippen LogP) is 0.208. The zero-order valence-corrected chi connectivity index (χ0v) is 11.4. The first-order valence-electron chi connectivity index (χ1n) is 4.18. The molecule has 2 aliphatic rings. The quantitative estimate of drug-likeness (QED) is 0.494. The number of fused-ring (bicyclic) bond motifs is 1. The Hall–Kier alpha value is 1.48. The van der Waals surface area contributed by atoms with Crippen LogP contribution in [0.15, 0.2) is 0 Å². The summed E-state index contributed by atoms with van der Waals surface area (Å²) in [6.45, 7) is 0. The molecule has 0 radical (unpaired) electrons. The third kappa shape index (κ3) is 2.24. The summed E-state index contributed by atoms with van der Waals surface area (Å²) in [5.74, 6) is 0. The van der Waals surface area contributed by atoms with Gasteiger partial charge in [0.25, 0.3) is 0 Å². The standard InChI is InChI=1S/C8H14BrSe.BrH/c9-5-6-10-7-3-1-2-4-8(7)10;/h7-8H,1-6H2;1H/q+1;/p-1. The molecule has 0 aromatic rings. The van der Waals surface area contributed by atoms with Gasteiger partial charge in [-0.1, -0.05) is 0 Å². The Morgan fingerprint density at radius 1 is 1.18 bits per heavy atom. The monoisotopic (exact) mass is 348 g/mol. The molecule has 0 aromatic heterocycles.